The molecule has 1 saturated heterocycles. The number of imidazole rings is 1. The van der Waals surface area contributed by atoms with E-state index < -0.39 is 5.54 Å². The summed E-state index contributed by atoms with van der Waals surface area (Å²) in [6, 6.07) is 18.7. The molecule has 1 atom stereocenters. The summed E-state index contributed by atoms with van der Waals surface area (Å²) in [5.74, 6) is 1.16. The average Bonchev–Trinajstić information content (AvgIpc) is 3.76. The Morgan fingerprint density at radius 1 is 1.09 bits per heavy atom. The molecule has 1 unspecified atom stereocenters. The fraction of sp³-hybridized carbons (Fsp3) is 0.344. The van der Waals surface area contributed by atoms with E-state index in [-0.39, 0.29) is 35.6 Å². The highest BCUT2D eigenvalue weighted by Gasteiger charge is 2.33. The summed E-state index contributed by atoms with van der Waals surface area (Å²) in [6.45, 7) is 4.70. The van der Waals surface area contributed by atoms with Crippen LogP contribution in [0.2, 0.25) is 0 Å². The zero-order valence-electron chi connectivity index (χ0n) is 24.2. The molecule has 3 N–H and O–H groups in total. The number of ether oxygens (including phenoxy) is 1. The lowest BCUT2D eigenvalue weighted by Crippen LogP contribution is -2.44. The van der Waals surface area contributed by atoms with Gasteiger partial charge in [-0.25, -0.2) is 14.8 Å². The molecular formula is C32H34N8O3. The lowest BCUT2D eigenvalue weighted by atomic mass is 9.99. The van der Waals surface area contributed by atoms with Crippen LogP contribution in [-0.4, -0.2) is 54.6 Å². The first kappa shape index (κ1) is 28.2. The predicted octanol–water partition coefficient (Wildman–Crippen LogP) is 4.10. The normalized spacial score (nSPS) is 17.6. The van der Waals surface area contributed by atoms with Gasteiger partial charge in [0.2, 0.25) is 0 Å². The molecule has 11 heteroatoms. The number of anilines is 1. The number of nitrogens with zero attached hydrogens (tertiary/aromatic N) is 6. The highest BCUT2D eigenvalue weighted by molar-refractivity contribution is 5.97. The highest BCUT2D eigenvalue weighted by atomic mass is 16.5. The van der Waals surface area contributed by atoms with Crippen molar-refractivity contribution >= 4 is 22.9 Å². The summed E-state index contributed by atoms with van der Waals surface area (Å²) < 4.78 is 9.03. The van der Waals surface area contributed by atoms with Crippen molar-refractivity contribution in [2.24, 2.45) is 0 Å². The number of rotatable bonds is 8. The van der Waals surface area contributed by atoms with Gasteiger partial charge >= 0.3 is 5.69 Å². The summed E-state index contributed by atoms with van der Waals surface area (Å²) in [7, 11) is 0. The van der Waals surface area contributed by atoms with Crippen molar-refractivity contribution in [1.29, 1.82) is 5.26 Å². The van der Waals surface area contributed by atoms with Crippen LogP contribution < -0.4 is 21.5 Å². The highest BCUT2D eigenvalue weighted by Crippen LogP contribution is 2.30. The van der Waals surface area contributed by atoms with Crippen LogP contribution in [0.15, 0.2) is 77.4 Å². The number of carbonyl (C=O) groups is 1. The van der Waals surface area contributed by atoms with Gasteiger partial charge < -0.3 is 20.7 Å². The maximum absolute atomic E-state index is 14.1. The molecule has 11 nitrogen and oxygen atoms in total. The minimum Gasteiger partial charge on any atom is -0.457 e. The van der Waals surface area contributed by atoms with Crippen molar-refractivity contribution in [2.75, 3.05) is 18.8 Å². The third-order valence-electron chi connectivity index (χ3n) is 7.81. The maximum atomic E-state index is 14.1. The third-order valence-corrected chi connectivity index (χ3v) is 7.81. The first-order valence-corrected chi connectivity index (χ1v) is 14.5. The van der Waals surface area contributed by atoms with Gasteiger partial charge in [-0.15, -0.1) is 0 Å². The van der Waals surface area contributed by atoms with Crippen LogP contribution in [-0.2, 0) is 4.79 Å². The molecular weight excluding hydrogens is 544 g/mol. The van der Waals surface area contributed by atoms with Crippen LogP contribution >= 0.6 is 0 Å². The zero-order valence-corrected chi connectivity index (χ0v) is 24.2. The van der Waals surface area contributed by atoms with E-state index in [9.17, 15) is 14.9 Å². The second-order valence-corrected chi connectivity index (χ2v) is 11.7. The van der Waals surface area contributed by atoms with Crippen molar-refractivity contribution in [3.63, 3.8) is 0 Å². The van der Waals surface area contributed by atoms with Gasteiger partial charge in [-0.05, 0) is 82.0 Å². The fourth-order valence-corrected chi connectivity index (χ4v) is 5.74. The molecule has 1 saturated carbocycles. The number of nitrogen functional groups attached to an aromatic ring is 1. The monoisotopic (exact) mass is 578 g/mol. The molecule has 1 aliphatic heterocycles. The van der Waals surface area contributed by atoms with Gasteiger partial charge in [-0.2, -0.15) is 5.26 Å². The van der Waals surface area contributed by atoms with Crippen molar-refractivity contribution in [3.8, 4) is 23.3 Å². The Bertz CT molecular complexity index is 1780. The number of aromatic nitrogens is 4. The van der Waals surface area contributed by atoms with Gasteiger partial charge in [0.1, 0.15) is 35.0 Å². The molecule has 2 fully saturated rings. The SMILES string of the molecule is CC(C)(C=C(C#N)C(=O)N1CCCC(n2c(=O)n(-c3ccc(Oc4ccccc4)cc3)c3c(N)ncnc32)C1)NC1CC1. The second-order valence-electron chi connectivity index (χ2n) is 11.7. The number of piperidine rings is 1. The van der Waals surface area contributed by atoms with E-state index in [0.717, 1.165) is 12.8 Å². The minimum atomic E-state index is -0.489. The van der Waals surface area contributed by atoms with Gasteiger partial charge in [-0.3, -0.25) is 13.9 Å². The first-order valence-electron chi connectivity index (χ1n) is 14.5. The van der Waals surface area contributed by atoms with Gasteiger partial charge in [0.05, 0.1) is 11.7 Å². The van der Waals surface area contributed by atoms with E-state index in [1.807, 2.05) is 44.2 Å². The third kappa shape index (κ3) is 5.87. The molecule has 0 spiro atoms. The van der Waals surface area contributed by atoms with Crippen molar-refractivity contribution in [1.82, 2.24) is 29.3 Å². The molecule has 0 radical (unpaired) electrons. The Hall–Kier alpha value is -4.95. The van der Waals surface area contributed by atoms with E-state index in [0.29, 0.717) is 53.8 Å². The number of hydrogen-bond acceptors (Lipinski definition) is 8. The lowest BCUT2D eigenvalue weighted by Gasteiger charge is -2.33. The summed E-state index contributed by atoms with van der Waals surface area (Å²) in [4.78, 5) is 37.9. The minimum absolute atomic E-state index is 0.0953. The predicted molar refractivity (Wildman–Crippen MR) is 163 cm³/mol. The number of carbonyl (C=O) groups excluding carboxylic acids is 1. The van der Waals surface area contributed by atoms with Crippen molar-refractivity contribution in [2.45, 2.75) is 57.2 Å². The van der Waals surface area contributed by atoms with Crippen LogP contribution in [0.3, 0.4) is 0 Å². The van der Waals surface area contributed by atoms with Gasteiger partial charge in [0.15, 0.2) is 11.5 Å². The lowest BCUT2D eigenvalue weighted by molar-refractivity contribution is -0.128. The Kier molecular flexibility index (Phi) is 7.46. The molecule has 2 aliphatic rings. The van der Waals surface area contributed by atoms with E-state index in [1.165, 1.54) is 10.9 Å². The summed E-state index contributed by atoms with van der Waals surface area (Å²) in [5.41, 5.74) is 6.96. The van der Waals surface area contributed by atoms with Crippen LogP contribution in [0.5, 0.6) is 11.5 Å². The Labute approximate surface area is 249 Å². The molecule has 43 heavy (non-hydrogen) atoms. The molecule has 1 amide bonds. The molecule has 3 heterocycles. The number of likely N-dealkylation sites (tertiary alicyclic amines) is 1. The zero-order chi connectivity index (χ0) is 30.1. The fourth-order valence-electron chi connectivity index (χ4n) is 5.74. The number of nitrogens with one attached hydrogen (secondary N) is 1. The van der Waals surface area contributed by atoms with Crippen LogP contribution in [0.1, 0.15) is 45.6 Å². The summed E-state index contributed by atoms with van der Waals surface area (Å²) in [5, 5.41) is 13.4. The number of nitriles is 1. The Balaban J connectivity index is 1.31. The molecule has 2 aromatic heterocycles. The van der Waals surface area contributed by atoms with E-state index in [1.54, 1.807) is 39.8 Å². The topological polar surface area (TPSA) is 144 Å². The number of fused-ring (bicyclic) bond motifs is 1. The summed E-state index contributed by atoms with van der Waals surface area (Å²) in [6.07, 6.45) is 6.59. The number of nitrogens with two attached hydrogens (primary N) is 1. The van der Waals surface area contributed by atoms with Gasteiger partial charge in [0.25, 0.3) is 5.91 Å². The number of para-hydroxylation sites is 1. The van der Waals surface area contributed by atoms with E-state index in [2.05, 4.69) is 21.4 Å². The first-order chi connectivity index (χ1) is 20.7. The van der Waals surface area contributed by atoms with E-state index >= 15 is 0 Å². The van der Waals surface area contributed by atoms with Crippen LogP contribution in [0.25, 0.3) is 16.9 Å². The number of hydrogen-bond donors (Lipinski definition) is 2. The maximum Gasteiger partial charge on any atom is 0.335 e. The Morgan fingerprint density at radius 3 is 2.51 bits per heavy atom. The number of amides is 1. The molecule has 4 aromatic rings. The summed E-state index contributed by atoms with van der Waals surface area (Å²) >= 11 is 0. The molecule has 0 bridgehead atoms. The smallest absolute Gasteiger partial charge is 0.335 e. The largest absolute Gasteiger partial charge is 0.457 e. The van der Waals surface area contributed by atoms with E-state index in [4.69, 9.17) is 10.5 Å². The van der Waals surface area contributed by atoms with Gasteiger partial charge in [-0.1, -0.05) is 18.2 Å². The quantitative estimate of drug-likeness (QED) is 0.235. The second kappa shape index (κ2) is 11.4. The van der Waals surface area contributed by atoms with Gasteiger partial charge in [0, 0.05) is 24.7 Å². The van der Waals surface area contributed by atoms with Crippen LogP contribution in [0, 0.1) is 11.3 Å². The van der Waals surface area contributed by atoms with Crippen molar-refractivity contribution in [3.05, 3.63) is 83.1 Å². The molecule has 1 aliphatic carbocycles. The number of benzene rings is 2. The molecule has 6 rings (SSSR count). The molecule has 2 aromatic carbocycles. The standard InChI is InChI=1S/C32H34N8O3/c1-32(2,37-22-10-11-22)17-21(18-33)30(41)38-16-6-7-24(19-38)40-29-27(28(34)35-20-36-29)39(31(40)42)23-12-14-26(15-13-23)43-25-8-4-3-5-9-25/h3-5,8-9,12-15,17,20,22,24,37H,6-7,10-11,16,19H2,1-2H3,(H2,34,35,36). The Morgan fingerprint density at radius 2 is 1.81 bits per heavy atom. The van der Waals surface area contributed by atoms with Crippen LogP contribution in [0.4, 0.5) is 5.82 Å². The molecule has 220 valence electrons. The average molecular weight is 579 g/mol. The van der Waals surface area contributed by atoms with Crippen molar-refractivity contribution < 1.29 is 9.53 Å².